The van der Waals surface area contributed by atoms with Crippen molar-refractivity contribution in [3.05, 3.63) is 11.7 Å². The molecule has 0 aliphatic carbocycles. The Bertz CT molecular complexity index is 419. The van der Waals surface area contributed by atoms with Gasteiger partial charge in [0.15, 0.2) is 5.82 Å². The average molecular weight is 266 g/mol. The van der Waals surface area contributed by atoms with E-state index in [-0.39, 0.29) is 11.9 Å². The lowest BCUT2D eigenvalue weighted by Gasteiger charge is -2.35. The Morgan fingerprint density at radius 3 is 3.05 bits per heavy atom. The highest BCUT2D eigenvalue weighted by Gasteiger charge is 2.24. The zero-order valence-electron chi connectivity index (χ0n) is 11.5. The van der Waals surface area contributed by atoms with E-state index in [1.807, 2.05) is 4.90 Å². The highest BCUT2D eigenvalue weighted by atomic mass is 16.5. The fourth-order valence-electron chi connectivity index (χ4n) is 2.55. The number of carbonyl (C=O) groups excluding carboxylic acids is 1. The Labute approximate surface area is 113 Å². The van der Waals surface area contributed by atoms with E-state index in [1.165, 1.54) is 6.42 Å². The zero-order chi connectivity index (χ0) is 13.7. The molecule has 2 rings (SSSR count). The van der Waals surface area contributed by atoms with Crippen LogP contribution in [0.2, 0.25) is 0 Å². The smallest absolute Gasteiger partial charge is 0.226 e. The maximum atomic E-state index is 12.2. The molecule has 1 saturated heterocycles. The molecule has 6 nitrogen and oxygen atoms in total. The Morgan fingerprint density at radius 1 is 1.53 bits per heavy atom. The molecule has 1 aromatic heterocycles. The summed E-state index contributed by atoms with van der Waals surface area (Å²) in [4.78, 5) is 18.2. The van der Waals surface area contributed by atoms with E-state index in [2.05, 4.69) is 10.1 Å². The molecule has 6 heteroatoms. The van der Waals surface area contributed by atoms with E-state index in [0.717, 1.165) is 25.8 Å². The predicted molar refractivity (Wildman–Crippen MR) is 70.4 cm³/mol. The van der Waals surface area contributed by atoms with Gasteiger partial charge in [-0.25, -0.2) is 0 Å². The van der Waals surface area contributed by atoms with Crippen molar-refractivity contribution in [1.82, 2.24) is 15.0 Å². The quantitative estimate of drug-likeness (QED) is 0.860. The van der Waals surface area contributed by atoms with Crippen LogP contribution in [-0.4, -0.2) is 40.1 Å². The number of rotatable bonds is 5. The summed E-state index contributed by atoms with van der Waals surface area (Å²) in [7, 11) is 0. The van der Waals surface area contributed by atoms with Gasteiger partial charge in [0.05, 0.1) is 0 Å². The fraction of sp³-hybridized carbons (Fsp3) is 0.769. The van der Waals surface area contributed by atoms with Gasteiger partial charge < -0.3 is 15.2 Å². The van der Waals surface area contributed by atoms with E-state index >= 15 is 0 Å². The molecule has 19 heavy (non-hydrogen) atoms. The molecule has 2 N–H and O–H groups in total. The third kappa shape index (κ3) is 3.76. The van der Waals surface area contributed by atoms with E-state index < -0.39 is 0 Å². The van der Waals surface area contributed by atoms with Gasteiger partial charge in [-0.15, -0.1) is 0 Å². The molecule has 2 heterocycles. The van der Waals surface area contributed by atoms with E-state index in [4.69, 9.17) is 10.3 Å². The van der Waals surface area contributed by atoms with Gasteiger partial charge >= 0.3 is 0 Å². The first kappa shape index (κ1) is 14.0. The monoisotopic (exact) mass is 266 g/mol. The van der Waals surface area contributed by atoms with Crippen molar-refractivity contribution >= 4 is 5.91 Å². The van der Waals surface area contributed by atoms with Crippen LogP contribution in [0.4, 0.5) is 0 Å². The van der Waals surface area contributed by atoms with Gasteiger partial charge in [-0.1, -0.05) is 5.16 Å². The number of aromatic nitrogens is 2. The van der Waals surface area contributed by atoms with Gasteiger partial charge in [-0.3, -0.25) is 4.79 Å². The van der Waals surface area contributed by atoms with Crippen LogP contribution in [-0.2, 0) is 11.2 Å². The summed E-state index contributed by atoms with van der Waals surface area (Å²) in [5.41, 5.74) is 5.73. The lowest BCUT2D eigenvalue weighted by atomic mass is 10.0. The minimum absolute atomic E-state index is 0.200. The Morgan fingerprint density at radius 2 is 2.37 bits per heavy atom. The molecule has 1 fully saturated rings. The molecule has 0 bridgehead atoms. The van der Waals surface area contributed by atoms with Crippen molar-refractivity contribution in [3.63, 3.8) is 0 Å². The van der Waals surface area contributed by atoms with Gasteiger partial charge in [0.1, 0.15) is 0 Å². The number of aryl methyl sites for hydroxylation is 2. The summed E-state index contributed by atoms with van der Waals surface area (Å²) >= 11 is 0. The first-order chi connectivity index (χ1) is 9.20. The molecule has 0 radical (unpaired) electrons. The number of likely N-dealkylation sites (tertiary alicyclic amines) is 1. The second kappa shape index (κ2) is 6.65. The van der Waals surface area contributed by atoms with Crippen LogP contribution in [0.5, 0.6) is 0 Å². The second-order valence-electron chi connectivity index (χ2n) is 5.06. The van der Waals surface area contributed by atoms with Crippen LogP contribution < -0.4 is 5.73 Å². The Kier molecular flexibility index (Phi) is 4.90. The molecule has 1 amide bonds. The number of piperidine rings is 1. The molecule has 0 spiro atoms. The molecule has 1 aliphatic heterocycles. The van der Waals surface area contributed by atoms with Gasteiger partial charge in [0.25, 0.3) is 0 Å². The minimum atomic E-state index is 0.200. The van der Waals surface area contributed by atoms with Crippen molar-refractivity contribution < 1.29 is 9.32 Å². The van der Waals surface area contributed by atoms with E-state index in [1.54, 1.807) is 6.92 Å². The molecule has 1 aromatic rings. The molecule has 1 atom stereocenters. The van der Waals surface area contributed by atoms with Crippen LogP contribution in [0.1, 0.15) is 43.8 Å². The van der Waals surface area contributed by atoms with Crippen LogP contribution in [0.3, 0.4) is 0 Å². The third-order valence-electron chi connectivity index (χ3n) is 3.57. The summed E-state index contributed by atoms with van der Waals surface area (Å²) < 4.78 is 5.03. The second-order valence-corrected chi connectivity index (χ2v) is 5.06. The van der Waals surface area contributed by atoms with E-state index in [9.17, 15) is 4.79 Å². The van der Waals surface area contributed by atoms with Crippen LogP contribution in [0, 0.1) is 6.92 Å². The third-order valence-corrected chi connectivity index (χ3v) is 3.57. The summed E-state index contributed by atoms with van der Waals surface area (Å²) in [5, 5.41) is 3.73. The maximum absolute atomic E-state index is 12.2. The standard InChI is InChI=1S/C13H22N4O2/c1-10-15-12(19-16-10)6-4-7-13(18)17-8-3-2-5-11(17)9-14/h11H,2-9,14H2,1H3. The van der Waals surface area contributed by atoms with E-state index in [0.29, 0.717) is 31.1 Å². The van der Waals surface area contributed by atoms with Crippen molar-refractivity contribution in [2.75, 3.05) is 13.1 Å². The van der Waals surface area contributed by atoms with Crippen molar-refractivity contribution in [2.24, 2.45) is 5.73 Å². The summed E-state index contributed by atoms with van der Waals surface area (Å²) in [6.07, 6.45) is 5.23. The number of hydrogen-bond donors (Lipinski definition) is 1. The SMILES string of the molecule is Cc1noc(CCCC(=O)N2CCCCC2CN)n1. The first-order valence-corrected chi connectivity index (χ1v) is 6.99. The number of nitrogens with zero attached hydrogens (tertiary/aromatic N) is 3. The molecule has 1 aliphatic rings. The summed E-state index contributed by atoms with van der Waals surface area (Å²) in [6, 6.07) is 0.229. The normalized spacial score (nSPS) is 19.7. The van der Waals surface area contributed by atoms with Crippen LogP contribution >= 0.6 is 0 Å². The average Bonchev–Trinajstić information content (AvgIpc) is 2.84. The number of amides is 1. The molecule has 0 saturated carbocycles. The first-order valence-electron chi connectivity index (χ1n) is 6.99. The Balaban J connectivity index is 1.77. The van der Waals surface area contributed by atoms with Crippen molar-refractivity contribution in [1.29, 1.82) is 0 Å². The number of nitrogens with two attached hydrogens (primary N) is 1. The highest BCUT2D eigenvalue weighted by Crippen LogP contribution is 2.17. The maximum Gasteiger partial charge on any atom is 0.226 e. The summed E-state index contributed by atoms with van der Waals surface area (Å²) in [5.74, 6) is 1.45. The molecular weight excluding hydrogens is 244 g/mol. The number of hydrogen-bond acceptors (Lipinski definition) is 5. The number of carbonyl (C=O) groups is 1. The fourth-order valence-corrected chi connectivity index (χ4v) is 2.55. The van der Waals surface area contributed by atoms with Gasteiger partial charge in [0.2, 0.25) is 11.8 Å². The largest absolute Gasteiger partial charge is 0.339 e. The van der Waals surface area contributed by atoms with Gasteiger partial charge in [-0.2, -0.15) is 4.98 Å². The van der Waals surface area contributed by atoms with Crippen LogP contribution in [0.15, 0.2) is 4.52 Å². The lowest BCUT2D eigenvalue weighted by Crippen LogP contribution is -2.47. The van der Waals surface area contributed by atoms with Crippen LogP contribution in [0.25, 0.3) is 0 Å². The highest BCUT2D eigenvalue weighted by molar-refractivity contribution is 5.76. The predicted octanol–water partition coefficient (Wildman–Crippen LogP) is 1.04. The van der Waals surface area contributed by atoms with Crippen molar-refractivity contribution in [2.45, 2.75) is 51.5 Å². The molecule has 0 aromatic carbocycles. The van der Waals surface area contributed by atoms with Crippen molar-refractivity contribution in [3.8, 4) is 0 Å². The zero-order valence-corrected chi connectivity index (χ0v) is 11.5. The topological polar surface area (TPSA) is 85.2 Å². The molecule has 106 valence electrons. The van der Waals surface area contributed by atoms with Gasteiger partial charge in [-0.05, 0) is 32.6 Å². The summed E-state index contributed by atoms with van der Waals surface area (Å²) in [6.45, 7) is 3.20. The van der Waals surface area contributed by atoms with Gasteiger partial charge in [0, 0.05) is 32.0 Å². The lowest BCUT2D eigenvalue weighted by molar-refractivity contribution is -0.134. The molecule has 1 unspecified atom stereocenters. The Hall–Kier alpha value is -1.43. The minimum Gasteiger partial charge on any atom is -0.339 e. The molecular formula is C13H22N4O2.